The van der Waals surface area contributed by atoms with Crippen molar-refractivity contribution in [2.45, 2.75) is 39.3 Å². The third-order valence-electron chi connectivity index (χ3n) is 2.93. The largest absolute Gasteiger partial charge is 0.462 e. The maximum atomic E-state index is 11.9. The lowest BCUT2D eigenvalue weighted by Crippen LogP contribution is -2.20. The Kier molecular flexibility index (Phi) is 4.60. The number of carbonyl (C=O) groups is 1. The minimum absolute atomic E-state index is 0.0486. The van der Waals surface area contributed by atoms with E-state index in [0.29, 0.717) is 17.9 Å². The van der Waals surface area contributed by atoms with Crippen LogP contribution >= 0.6 is 22.6 Å². The summed E-state index contributed by atoms with van der Waals surface area (Å²) in [5, 5.41) is 4.42. The van der Waals surface area contributed by atoms with Crippen LogP contribution in [0.3, 0.4) is 0 Å². The van der Waals surface area contributed by atoms with Gasteiger partial charge in [0.05, 0.1) is 12.3 Å². The zero-order chi connectivity index (χ0) is 13.1. The SMILES string of the molecule is CCOC(=O)c1c(C)nn([C@H]2CCCCO2)c1I. The predicted molar refractivity (Wildman–Crippen MR) is 74.5 cm³/mol. The van der Waals surface area contributed by atoms with E-state index < -0.39 is 0 Å². The molecule has 0 saturated carbocycles. The number of aryl methyl sites for hydroxylation is 1. The van der Waals surface area contributed by atoms with E-state index >= 15 is 0 Å². The van der Waals surface area contributed by atoms with E-state index in [1.165, 1.54) is 0 Å². The number of rotatable bonds is 3. The average Bonchev–Trinajstić information content (AvgIpc) is 2.66. The van der Waals surface area contributed by atoms with Gasteiger partial charge in [0.25, 0.3) is 0 Å². The van der Waals surface area contributed by atoms with Crippen molar-refractivity contribution in [2.24, 2.45) is 0 Å². The number of aromatic nitrogens is 2. The summed E-state index contributed by atoms with van der Waals surface area (Å²) in [5.41, 5.74) is 1.26. The van der Waals surface area contributed by atoms with E-state index in [9.17, 15) is 4.79 Å². The fraction of sp³-hybridized carbons (Fsp3) is 0.667. The Morgan fingerprint density at radius 3 is 3.00 bits per heavy atom. The average molecular weight is 364 g/mol. The normalized spacial score (nSPS) is 19.8. The molecule has 0 amide bonds. The van der Waals surface area contributed by atoms with Crippen LogP contribution in [0.5, 0.6) is 0 Å². The quantitative estimate of drug-likeness (QED) is 0.611. The molecule has 1 aromatic rings. The first-order chi connectivity index (χ1) is 8.65. The van der Waals surface area contributed by atoms with Gasteiger partial charge < -0.3 is 9.47 Å². The van der Waals surface area contributed by atoms with Gasteiger partial charge in [-0.05, 0) is 55.7 Å². The molecular formula is C12H17IN2O3. The second-order valence-corrected chi connectivity index (χ2v) is 5.26. The van der Waals surface area contributed by atoms with Crippen LogP contribution in [0, 0.1) is 10.6 Å². The Morgan fingerprint density at radius 2 is 2.39 bits per heavy atom. The van der Waals surface area contributed by atoms with Crippen LogP contribution in [0.1, 0.15) is 48.5 Å². The molecule has 1 aromatic heterocycles. The second-order valence-electron chi connectivity index (χ2n) is 4.24. The van der Waals surface area contributed by atoms with Crippen LogP contribution in [0.2, 0.25) is 0 Å². The van der Waals surface area contributed by atoms with Gasteiger partial charge >= 0.3 is 5.97 Å². The van der Waals surface area contributed by atoms with Gasteiger partial charge in [0.2, 0.25) is 0 Å². The second kappa shape index (κ2) is 6.01. The third kappa shape index (κ3) is 2.69. The van der Waals surface area contributed by atoms with Gasteiger partial charge in [0.1, 0.15) is 9.26 Å². The molecule has 1 atom stereocenters. The molecule has 2 rings (SSSR count). The minimum atomic E-state index is -0.304. The molecule has 0 spiro atoms. The van der Waals surface area contributed by atoms with Crippen LogP contribution in [0.4, 0.5) is 0 Å². The topological polar surface area (TPSA) is 53.3 Å². The zero-order valence-corrected chi connectivity index (χ0v) is 12.8. The lowest BCUT2D eigenvalue weighted by molar-refractivity contribution is -0.0412. The van der Waals surface area contributed by atoms with Crippen molar-refractivity contribution in [1.82, 2.24) is 9.78 Å². The summed E-state index contributed by atoms with van der Waals surface area (Å²) < 4.78 is 13.4. The van der Waals surface area contributed by atoms with Crippen molar-refractivity contribution in [3.05, 3.63) is 15.0 Å². The summed E-state index contributed by atoms with van der Waals surface area (Å²) in [6.07, 6.45) is 3.12. The molecule has 6 heteroatoms. The van der Waals surface area contributed by atoms with Crippen molar-refractivity contribution in [3.63, 3.8) is 0 Å². The molecule has 0 N–H and O–H groups in total. The molecule has 1 fully saturated rings. The molecule has 0 unspecified atom stereocenters. The molecule has 0 aliphatic carbocycles. The number of hydrogen-bond donors (Lipinski definition) is 0. The Hall–Kier alpha value is -0.630. The molecule has 100 valence electrons. The molecule has 5 nitrogen and oxygen atoms in total. The van der Waals surface area contributed by atoms with E-state index in [-0.39, 0.29) is 12.2 Å². The lowest BCUT2D eigenvalue weighted by atomic mass is 10.2. The van der Waals surface area contributed by atoms with Gasteiger partial charge in [-0.25, -0.2) is 9.48 Å². The highest BCUT2D eigenvalue weighted by Gasteiger charge is 2.26. The standard InChI is InChI=1S/C12H17IN2O3/c1-3-17-12(16)10-8(2)14-15(11(10)13)9-6-4-5-7-18-9/h9H,3-7H2,1-2H3/t9-/m1/s1. The van der Waals surface area contributed by atoms with Crippen LogP contribution in [-0.4, -0.2) is 29.0 Å². The zero-order valence-electron chi connectivity index (χ0n) is 10.6. The number of hydrogen-bond acceptors (Lipinski definition) is 4. The van der Waals surface area contributed by atoms with Crippen molar-refractivity contribution < 1.29 is 14.3 Å². The van der Waals surface area contributed by atoms with Gasteiger partial charge in [-0.3, -0.25) is 0 Å². The maximum absolute atomic E-state index is 11.9. The molecule has 1 aliphatic rings. The third-order valence-corrected chi connectivity index (χ3v) is 3.97. The van der Waals surface area contributed by atoms with Gasteiger partial charge in [-0.2, -0.15) is 5.10 Å². The minimum Gasteiger partial charge on any atom is -0.462 e. The van der Waals surface area contributed by atoms with E-state index in [1.54, 1.807) is 11.6 Å². The lowest BCUT2D eigenvalue weighted by Gasteiger charge is -2.23. The molecule has 1 aliphatic heterocycles. The molecule has 18 heavy (non-hydrogen) atoms. The highest BCUT2D eigenvalue weighted by Crippen LogP contribution is 2.27. The molecule has 0 aromatic carbocycles. The molecule has 2 heterocycles. The number of carbonyl (C=O) groups excluding carboxylic acids is 1. The first kappa shape index (κ1) is 13.8. The van der Waals surface area contributed by atoms with Gasteiger partial charge in [-0.1, -0.05) is 0 Å². The van der Waals surface area contributed by atoms with Crippen LogP contribution in [-0.2, 0) is 9.47 Å². The van der Waals surface area contributed by atoms with Gasteiger partial charge in [0, 0.05) is 6.61 Å². The van der Waals surface area contributed by atoms with E-state index in [0.717, 1.165) is 29.6 Å². The Balaban J connectivity index is 2.27. The van der Waals surface area contributed by atoms with E-state index in [1.807, 2.05) is 6.92 Å². The fourth-order valence-electron chi connectivity index (χ4n) is 2.06. The predicted octanol–water partition coefficient (Wildman–Crippen LogP) is 2.67. The first-order valence-corrected chi connectivity index (χ1v) is 7.26. The number of esters is 1. The highest BCUT2D eigenvalue weighted by molar-refractivity contribution is 14.1. The highest BCUT2D eigenvalue weighted by atomic mass is 127. The number of halogens is 1. The maximum Gasteiger partial charge on any atom is 0.342 e. The van der Waals surface area contributed by atoms with Crippen molar-refractivity contribution >= 4 is 28.6 Å². The Bertz CT molecular complexity index is 439. The Labute approximate surface area is 120 Å². The summed E-state index contributed by atoms with van der Waals surface area (Å²) in [6, 6.07) is 0. The smallest absolute Gasteiger partial charge is 0.342 e. The van der Waals surface area contributed by atoms with Crippen LogP contribution in [0.25, 0.3) is 0 Å². The molecule has 0 radical (unpaired) electrons. The van der Waals surface area contributed by atoms with E-state index in [2.05, 4.69) is 27.7 Å². The summed E-state index contributed by atoms with van der Waals surface area (Å²) in [5.74, 6) is -0.304. The summed E-state index contributed by atoms with van der Waals surface area (Å²) >= 11 is 2.14. The van der Waals surface area contributed by atoms with E-state index in [4.69, 9.17) is 9.47 Å². The number of nitrogens with zero attached hydrogens (tertiary/aromatic N) is 2. The fourth-order valence-corrected chi connectivity index (χ4v) is 3.09. The monoisotopic (exact) mass is 364 g/mol. The molecule has 1 saturated heterocycles. The summed E-state index contributed by atoms with van der Waals surface area (Å²) in [6.45, 7) is 4.76. The van der Waals surface area contributed by atoms with Crippen molar-refractivity contribution in [3.8, 4) is 0 Å². The first-order valence-electron chi connectivity index (χ1n) is 6.18. The molecule has 0 bridgehead atoms. The molecular weight excluding hydrogens is 347 g/mol. The van der Waals surface area contributed by atoms with Crippen molar-refractivity contribution in [2.75, 3.05) is 13.2 Å². The van der Waals surface area contributed by atoms with Gasteiger partial charge in [0.15, 0.2) is 6.23 Å². The van der Waals surface area contributed by atoms with Crippen LogP contribution < -0.4 is 0 Å². The summed E-state index contributed by atoms with van der Waals surface area (Å²) in [4.78, 5) is 11.9. The van der Waals surface area contributed by atoms with Crippen LogP contribution in [0.15, 0.2) is 0 Å². The number of ether oxygens (including phenoxy) is 2. The summed E-state index contributed by atoms with van der Waals surface area (Å²) in [7, 11) is 0. The van der Waals surface area contributed by atoms with Crippen molar-refractivity contribution in [1.29, 1.82) is 0 Å². The Morgan fingerprint density at radius 1 is 1.61 bits per heavy atom. The van der Waals surface area contributed by atoms with Gasteiger partial charge in [-0.15, -0.1) is 0 Å².